The third-order valence-electron chi connectivity index (χ3n) is 5.17. The predicted octanol–water partition coefficient (Wildman–Crippen LogP) is 3.64. The van der Waals surface area contributed by atoms with Crippen LogP contribution in [0.15, 0.2) is 95.6 Å². The zero-order valence-electron chi connectivity index (χ0n) is 19.1. The normalized spacial score (nSPS) is 14.9. The van der Waals surface area contributed by atoms with Gasteiger partial charge in [-0.1, -0.05) is 60.7 Å². The van der Waals surface area contributed by atoms with E-state index < -0.39 is 11.8 Å². The topological polar surface area (TPSA) is 108 Å². The number of Topliss-reactive ketones (excluding diaryl/α,β-unsaturated/α-hetero) is 2. The van der Waals surface area contributed by atoms with Crippen molar-refractivity contribution in [1.82, 2.24) is 9.78 Å². The van der Waals surface area contributed by atoms with Gasteiger partial charge in [0.15, 0.2) is 11.6 Å². The molecule has 1 aliphatic heterocycles. The minimum absolute atomic E-state index is 0.0670. The van der Waals surface area contributed by atoms with Crippen LogP contribution in [0.25, 0.3) is 11.8 Å². The van der Waals surface area contributed by atoms with Gasteiger partial charge in [-0.25, -0.2) is 4.68 Å². The highest BCUT2D eigenvalue weighted by molar-refractivity contribution is 6.54. The summed E-state index contributed by atoms with van der Waals surface area (Å²) in [4.78, 5) is 36.9. The molecule has 0 N–H and O–H groups in total. The Labute approximate surface area is 201 Å². The molecule has 0 unspecified atom stereocenters. The zero-order valence-corrected chi connectivity index (χ0v) is 19.1. The molecule has 0 saturated carbocycles. The summed E-state index contributed by atoms with van der Waals surface area (Å²) in [5.74, 6) is -1.50. The molecule has 0 spiro atoms. The minimum atomic E-state index is -0.417. The van der Waals surface area contributed by atoms with Crippen LogP contribution in [0.3, 0.4) is 0 Å². The molecule has 0 bridgehead atoms. The van der Waals surface area contributed by atoms with Crippen LogP contribution in [-0.2, 0) is 9.59 Å². The van der Waals surface area contributed by atoms with E-state index in [4.69, 9.17) is 0 Å². The van der Waals surface area contributed by atoms with Crippen molar-refractivity contribution in [1.29, 1.82) is 0 Å². The van der Waals surface area contributed by atoms with E-state index in [1.54, 1.807) is 66.8 Å². The minimum Gasteiger partial charge on any atom is -0.858 e. The zero-order chi connectivity index (χ0) is 24.9. The molecular weight excluding hydrogens is 444 g/mol. The lowest BCUT2D eigenvalue weighted by Crippen LogP contribution is -2.21. The molecule has 0 aliphatic carbocycles. The molecule has 2 aromatic carbocycles. The average molecular weight is 465 g/mol. The fraction of sp³-hybridized carbons (Fsp3) is 0.0741. The van der Waals surface area contributed by atoms with Crippen molar-refractivity contribution in [3.8, 4) is 11.6 Å². The van der Waals surface area contributed by atoms with Crippen molar-refractivity contribution in [2.75, 3.05) is 5.01 Å². The summed E-state index contributed by atoms with van der Waals surface area (Å²) in [5, 5.41) is 22.4. The maximum Gasteiger partial charge on any atom is 0.281 e. The van der Waals surface area contributed by atoms with Crippen LogP contribution in [0.4, 0.5) is 5.69 Å². The lowest BCUT2D eigenvalue weighted by molar-refractivity contribution is -0.278. The van der Waals surface area contributed by atoms with Crippen molar-refractivity contribution in [2.45, 2.75) is 13.8 Å². The van der Waals surface area contributed by atoms with Gasteiger partial charge >= 0.3 is 0 Å². The number of hydrogen-bond donors (Lipinski definition) is 0. The number of amides is 1. The van der Waals surface area contributed by atoms with Crippen LogP contribution >= 0.6 is 0 Å². The highest BCUT2D eigenvalue weighted by Crippen LogP contribution is 2.25. The van der Waals surface area contributed by atoms with E-state index in [9.17, 15) is 19.5 Å². The van der Waals surface area contributed by atoms with Crippen LogP contribution in [0.2, 0.25) is 0 Å². The third kappa shape index (κ3) is 4.77. The van der Waals surface area contributed by atoms with E-state index in [0.717, 1.165) is 0 Å². The second kappa shape index (κ2) is 9.96. The van der Waals surface area contributed by atoms with Gasteiger partial charge in [0, 0.05) is 19.4 Å². The molecule has 8 heteroatoms. The highest BCUT2D eigenvalue weighted by atomic mass is 16.3. The van der Waals surface area contributed by atoms with Crippen molar-refractivity contribution >= 4 is 34.9 Å². The van der Waals surface area contributed by atoms with Gasteiger partial charge in [0.25, 0.3) is 5.91 Å². The summed E-state index contributed by atoms with van der Waals surface area (Å²) in [7, 11) is 0. The second-order valence-corrected chi connectivity index (χ2v) is 7.65. The lowest BCUT2D eigenvalue weighted by Gasteiger charge is -2.11. The molecule has 35 heavy (non-hydrogen) atoms. The van der Waals surface area contributed by atoms with Crippen molar-refractivity contribution in [3.63, 3.8) is 0 Å². The number of allylic oxidation sites excluding steroid dienone is 4. The molecule has 3 aromatic rings. The number of hydrogen-bond acceptors (Lipinski definition) is 6. The van der Waals surface area contributed by atoms with E-state index in [2.05, 4.69) is 10.2 Å². The molecular formula is C27H21N4O4-. The molecule has 4 rings (SSSR count). The number of ketones is 2. The first-order valence-corrected chi connectivity index (χ1v) is 10.8. The fourth-order valence-corrected chi connectivity index (χ4v) is 3.51. The van der Waals surface area contributed by atoms with Crippen LogP contribution in [0.1, 0.15) is 29.9 Å². The van der Waals surface area contributed by atoms with Gasteiger partial charge in [-0.3, -0.25) is 14.4 Å². The molecule has 0 radical (unpaired) electrons. The largest absolute Gasteiger partial charge is 0.858 e. The van der Waals surface area contributed by atoms with Gasteiger partial charge in [0.2, 0.25) is 0 Å². The Bertz CT molecular complexity index is 1410. The fourth-order valence-electron chi connectivity index (χ4n) is 3.51. The van der Waals surface area contributed by atoms with Crippen LogP contribution in [-0.4, -0.2) is 33.0 Å². The standard InChI is InChI=1S/C27H22N4O4/c1-18(32)24-22(26(34)30(28-24)20-12-6-3-7-13-20)16-10-5-11-17-23-25(19(2)33)29-31(27(23)35)21-14-8-4-9-15-21/h3-17,34H,1-2H3/p-1/b11-5+,16-10+,23-17+. The number of anilines is 1. The van der Waals surface area contributed by atoms with E-state index >= 15 is 0 Å². The van der Waals surface area contributed by atoms with Gasteiger partial charge in [0.05, 0.1) is 16.9 Å². The molecule has 0 saturated heterocycles. The molecule has 1 aromatic heterocycles. The summed E-state index contributed by atoms with van der Waals surface area (Å²) in [6, 6.07) is 17.6. The van der Waals surface area contributed by atoms with Crippen molar-refractivity contribution < 1.29 is 19.5 Å². The molecule has 1 aliphatic rings. The summed E-state index contributed by atoms with van der Waals surface area (Å²) in [6.45, 7) is 2.70. The van der Waals surface area contributed by atoms with Gasteiger partial charge < -0.3 is 5.11 Å². The molecule has 8 nitrogen and oxygen atoms in total. The Kier molecular flexibility index (Phi) is 6.64. The van der Waals surface area contributed by atoms with E-state index in [1.807, 2.05) is 12.1 Å². The SMILES string of the molecule is CC(=O)C1=NN(c2ccccc2)C(=O)/C1=C/C=C/C=C/c1c(C(C)=O)nn(-c2ccccc2)c1[O-]. The quantitative estimate of drug-likeness (QED) is 0.301. The summed E-state index contributed by atoms with van der Waals surface area (Å²) < 4.78 is 1.19. The Balaban J connectivity index is 1.59. The first-order valence-electron chi connectivity index (χ1n) is 10.8. The number of benzene rings is 2. The molecule has 2 heterocycles. The summed E-state index contributed by atoms with van der Waals surface area (Å²) >= 11 is 0. The van der Waals surface area contributed by atoms with E-state index in [-0.39, 0.29) is 34.1 Å². The lowest BCUT2D eigenvalue weighted by atomic mass is 10.1. The monoisotopic (exact) mass is 465 g/mol. The van der Waals surface area contributed by atoms with Crippen LogP contribution < -0.4 is 10.1 Å². The third-order valence-corrected chi connectivity index (χ3v) is 5.17. The first-order chi connectivity index (χ1) is 16.9. The molecule has 0 fully saturated rings. The number of carbonyl (C=O) groups excluding carboxylic acids is 3. The predicted molar refractivity (Wildman–Crippen MR) is 131 cm³/mol. The van der Waals surface area contributed by atoms with Crippen LogP contribution in [0.5, 0.6) is 5.88 Å². The van der Waals surface area contributed by atoms with E-state index in [0.29, 0.717) is 11.4 Å². The van der Waals surface area contributed by atoms with Gasteiger partial charge in [-0.05, 0) is 36.2 Å². The number of para-hydroxylation sites is 2. The first kappa shape index (κ1) is 23.3. The smallest absolute Gasteiger partial charge is 0.281 e. The van der Waals surface area contributed by atoms with E-state index in [1.165, 1.54) is 35.7 Å². The number of aromatic nitrogens is 2. The number of hydrazone groups is 1. The summed E-state index contributed by atoms with van der Waals surface area (Å²) in [6.07, 6.45) is 7.71. The maximum atomic E-state index is 12.9. The Morgan fingerprint density at radius 1 is 0.857 bits per heavy atom. The van der Waals surface area contributed by atoms with Crippen LogP contribution in [0, 0.1) is 0 Å². The number of rotatable bonds is 7. The molecule has 0 atom stereocenters. The number of carbonyl (C=O) groups is 3. The molecule has 1 amide bonds. The Morgan fingerprint density at radius 2 is 1.49 bits per heavy atom. The average Bonchev–Trinajstić information content (AvgIpc) is 3.37. The maximum absolute atomic E-state index is 12.9. The van der Waals surface area contributed by atoms with Crippen molar-refractivity contribution in [3.05, 3.63) is 102 Å². The van der Waals surface area contributed by atoms with Crippen molar-refractivity contribution in [2.24, 2.45) is 5.10 Å². The summed E-state index contributed by atoms with van der Waals surface area (Å²) in [5.41, 5.74) is 1.57. The highest BCUT2D eigenvalue weighted by Gasteiger charge is 2.32. The molecule has 174 valence electrons. The van der Waals surface area contributed by atoms with Gasteiger partial charge in [-0.15, -0.1) is 0 Å². The Morgan fingerprint density at radius 3 is 2.09 bits per heavy atom. The Hall–Kier alpha value is -4.85. The number of nitrogens with zero attached hydrogens (tertiary/aromatic N) is 4. The van der Waals surface area contributed by atoms with Gasteiger partial charge in [-0.2, -0.15) is 15.2 Å². The second-order valence-electron chi connectivity index (χ2n) is 7.65. The van der Waals surface area contributed by atoms with Gasteiger partial charge in [0.1, 0.15) is 11.4 Å².